The zero-order valence-electron chi connectivity index (χ0n) is 16.7. The van der Waals surface area contributed by atoms with Gasteiger partial charge in [-0.3, -0.25) is 9.48 Å². The van der Waals surface area contributed by atoms with Gasteiger partial charge in [-0.2, -0.15) is 5.10 Å². The van der Waals surface area contributed by atoms with Crippen molar-refractivity contribution >= 4 is 17.5 Å². The van der Waals surface area contributed by atoms with E-state index < -0.39 is 0 Å². The van der Waals surface area contributed by atoms with Crippen LogP contribution in [-0.4, -0.2) is 32.1 Å². The number of nitrogens with zero attached hydrogens (tertiary/aromatic N) is 4. The summed E-state index contributed by atoms with van der Waals surface area (Å²) in [4.78, 5) is 19.7. The normalized spacial score (nSPS) is 17.1. The molecule has 2 aromatic heterocycles. The first-order valence-corrected chi connectivity index (χ1v) is 10.4. The highest BCUT2D eigenvalue weighted by Crippen LogP contribution is 2.32. The van der Waals surface area contributed by atoms with Gasteiger partial charge in [0.05, 0.1) is 6.20 Å². The Labute approximate surface area is 175 Å². The van der Waals surface area contributed by atoms with Crippen molar-refractivity contribution < 1.29 is 9.21 Å². The third kappa shape index (κ3) is 4.22. The van der Waals surface area contributed by atoms with E-state index in [0.29, 0.717) is 29.6 Å². The molecule has 3 heterocycles. The van der Waals surface area contributed by atoms with E-state index in [4.69, 9.17) is 16.0 Å². The fraction of sp³-hybridized carbons (Fsp3) is 0.409. The zero-order valence-corrected chi connectivity index (χ0v) is 17.5. The van der Waals surface area contributed by atoms with Gasteiger partial charge in [0.25, 0.3) is 5.91 Å². The summed E-state index contributed by atoms with van der Waals surface area (Å²) >= 11 is 6.08. The van der Waals surface area contributed by atoms with Gasteiger partial charge in [0.2, 0.25) is 5.89 Å². The second kappa shape index (κ2) is 8.41. The van der Waals surface area contributed by atoms with E-state index in [1.165, 1.54) is 0 Å². The molecule has 1 aromatic carbocycles. The number of piperidine rings is 1. The molecule has 1 fully saturated rings. The van der Waals surface area contributed by atoms with Gasteiger partial charge in [-0.05, 0) is 56.9 Å². The maximum atomic E-state index is 13.3. The van der Waals surface area contributed by atoms with Gasteiger partial charge in [0.15, 0.2) is 0 Å². The Balaban J connectivity index is 1.56. The van der Waals surface area contributed by atoms with Crippen molar-refractivity contribution in [2.45, 2.75) is 51.6 Å². The van der Waals surface area contributed by atoms with Crippen molar-refractivity contribution in [3.8, 4) is 0 Å². The first kappa shape index (κ1) is 19.7. The summed E-state index contributed by atoms with van der Waals surface area (Å²) in [7, 11) is 0. The van der Waals surface area contributed by atoms with Crippen molar-refractivity contribution in [3.63, 3.8) is 0 Å². The predicted octanol–water partition coefficient (Wildman–Crippen LogP) is 5.06. The van der Waals surface area contributed by atoms with Crippen molar-refractivity contribution in [3.05, 3.63) is 70.7 Å². The number of carbonyl (C=O) groups is 1. The zero-order chi connectivity index (χ0) is 20.4. The number of halogens is 1. The number of rotatable bonds is 5. The SMILES string of the molecule is CC(C)n1nccc1C(=O)N1CCCC[C@@H]1c1ncc(Cc2cccc(Cl)c2)o1. The molecule has 0 bridgehead atoms. The number of hydrogen-bond donors (Lipinski definition) is 0. The highest BCUT2D eigenvalue weighted by Gasteiger charge is 2.33. The maximum Gasteiger partial charge on any atom is 0.272 e. The summed E-state index contributed by atoms with van der Waals surface area (Å²) in [6, 6.07) is 9.47. The first-order chi connectivity index (χ1) is 14.0. The van der Waals surface area contributed by atoms with E-state index in [1.54, 1.807) is 23.1 Å². The summed E-state index contributed by atoms with van der Waals surface area (Å²) < 4.78 is 7.84. The number of aromatic nitrogens is 3. The minimum Gasteiger partial charge on any atom is -0.443 e. The minimum atomic E-state index is -0.153. The molecule has 1 atom stereocenters. The number of benzene rings is 1. The van der Waals surface area contributed by atoms with E-state index in [1.807, 2.05) is 43.0 Å². The van der Waals surface area contributed by atoms with E-state index in [-0.39, 0.29) is 18.0 Å². The van der Waals surface area contributed by atoms with Crippen LogP contribution in [0.4, 0.5) is 0 Å². The van der Waals surface area contributed by atoms with Crippen molar-refractivity contribution in [2.75, 3.05) is 6.54 Å². The van der Waals surface area contributed by atoms with Crippen LogP contribution < -0.4 is 0 Å². The number of amides is 1. The quantitative estimate of drug-likeness (QED) is 0.587. The van der Waals surface area contributed by atoms with Gasteiger partial charge in [0, 0.05) is 30.2 Å². The average Bonchev–Trinajstić information content (AvgIpc) is 3.37. The van der Waals surface area contributed by atoms with E-state index in [0.717, 1.165) is 30.6 Å². The van der Waals surface area contributed by atoms with Crippen LogP contribution in [0.3, 0.4) is 0 Å². The molecule has 4 rings (SSSR count). The summed E-state index contributed by atoms with van der Waals surface area (Å²) in [6.07, 6.45) is 6.93. The lowest BCUT2D eigenvalue weighted by Gasteiger charge is -2.34. The second-order valence-electron chi connectivity index (χ2n) is 7.74. The molecule has 3 aromatic rings. The van der Waals surface area contributed by atoms with Crippen LogP contribution in [0, 0.1) is 0 Å². The largest absolute Gasteiger partial charge is 0.443 e. The Morgan fingerprint density at radius 3 is 2.97 bits per heavy atom. The third-order valence-corrected chi connectivity index (χ3v) is 5.50. The van der Waals surface area contributed by atoms with Crippen molar-refractivity contribution in [1.29, 1.82) is 0 Å². The monoisotopic (exact) mass is 412 g/mol. The molecular formula is C22H25ClN4O2. The molecule has 0 radical (unpaired) electrons. The molecule has 29 heavy (non-hydrogen) atoms. The van der Waals surface area contributed by atoms with Gasteiger partial charge in [-0.1, -0.05) is 23.7 Å². The van der Waals surface area contributed by atoms with Crippen molar-refractivity contribution in [2.24, 2.45) is 0 Å². The molecule has 7 heteroatoms. The van der Waals surface area contributed by atoms with Crippen LogP contribution in [0.25, 0.3) is 0 Å². The van der Waals surface area contributed by atoms with Crippen LogP contribution in [0.15, 0.2) is 47.1 Å². The Morgan fingerprint density at radius 2 is 2.17 bits per heavy atom. The lowest BCUT2D eigenvalue weighted by Crippen LogP contribution is -2.39. The molecule has 0 unspecified atom stereocenters. The van der Waals surface area contributed by atoms with E-state index >= 15 is 0 Å². The molecule has 6 nitrogen and oxygen atoms in total. The summed E-state index contributed by atoms with van der Waals surface area (Å²) in [6.45, 7) is 4.74. The first-order valence-electron chi connectivity index (χ1n) is 10.1. The minimum absolute atomic E-state index is 0.0181. The average molecular weight is 413 g/mol. The molecule has 1 aliphatic heterocycles. The lowest BCUT2D eigenvalue weighted by molar-refractivity contribution is 0.0555. The summed E-state index contributed by atoms with van der Waals surface area (Å²) in [5.41, 5.74) is 1.68. The number of hydrogen-bond acceptors (Lipinski definition) is 4. The fourth-order valence-electron chi connectivity index (χ4n) is 3.88. The van der Waals surface area contributed by atoms with Crippen LogP contribution in [-0.2, 0) is 6.42 Å². The molecule has 1 amide bonds. The van der Waals surface area contributed by atoms with Gasteiger partial charge in [0.1, 0.15) is 17.5 Å². The fourth-order valence-corrected chi connectivity index (χ4v) is 4.09. The molecule has 1 aliphatic rings. The molecule has 0 spiro atoms. The van der Waals surface area contributed by atoms with Gasteiger partial charge < -0.3 is 9.32 Å². The number of likely N-dealkylation sites (tertiary alicyclic amines) is 1. The molecule has 0 saturated carbocycles. The van der Waals surface area contributed by atoms with Gasteiger partial charge >= 0.3 is 0 Å². The second-order valence-corrected chi connectivity index (χ2v) is 8.17. The Kier molecular flexibility index (Phi) is 5.72. The Bertz CT molecular complexity index is 994. The van der Waals surface area contributed by atoms with Crippen LogP contribution in [0.1, 0.15) is 72.9 Å². The van der Waals surface area contributed by atoms with Gasteiger partial charge in [-0.15, -0.1) is 0 Å². The van der Waals surface area contributed by atoms with E-state index in [9.17, 15) is 4.79 Å². The van der Waals surface area contributed by atoms with Crippen LogP contribution >= 0.6 is 11.6 Å². The molecule has 0 N–H and O–H groups in total. The Morgan fingerprint density at radius 1 is 1.31 bits per heavy atom. The lowest BCUT2D eigenvalue weighted by atomic mass is 10.0. The smallest absolute Gasteiger partial charge is 0.272 e. The van der Waals surface area contributed by atoms with Crippen LogP contribution in [0.2, 0.25) is 5.02 Å². The standard InChI is InChI=1S/C22H25ClN4O2/c1-15(2)27-20(9-10-25-27)22(28)26-11-4-3-8-19(26)21-24-14-18(29-21)13-16-6-5-7-17(23)12-16/h5-7,9-10,12,14-15,19H,3-4,8,11,13H2,1-2H3/t19-/m1/s1. The molecule has 1 saturated heterocycles. The highest BCUT2D eigenvalue weighted by atomic mass is 35.5. The molecule has 152 valence electrons. The molecular weight excluding hydrogens is 388 g/mol. The summed E-state index contributed by atoms with van der Waals surface area (Å²) in [5, 5.41) is 5.01. The highest BCUT2D eigenvalue weighted by molar-refractivity contribution is 6.30. The topological polar surface area (TPSA) is 64.2 Å². The number of carbonyl (C=O) groups excluding carboxylic acids is 1. The predicted molar refractivity (Wildman–Crippen MR) is 111 cm³/mol. The maximum absolute atomic E-state index is 13.3. The van der Waals surface area contributed by atoms with Crippen molar-refractivity contribution in [1.82, 2.24) is 19.7 Å². The Hall–Kier alpha value is -2.60. The van der Waals surface area contributed by atoms with Crippen LogP contribution in [0.5, 0.6) is 0 Å². The summed E-state index contributed by atoms with van der Waals surface area (Å²) in [5.74, 6) is 1.36. The molecule has 0 aliphatic carbocycles. The van der Waals surface area contributed by atoms with E-state index in [2.05, 4.69) is 10.1 Å². The number of oxazole rings is 1. The third-order valence-electron chi connectivity index (χ3n) is 5.27. The van der Waals surface area contributed by atoms with Gasteiger partial charge in [-0.25, -0.2) is 4.98 Å².